The van der Waals surface area contributed by atoms with Crippen molar-refractivity contribution < 1.29 is 14.6 Å². The van der Waals surface area contributed by atoms with Gasteiger partial charge in [0.25, 0.3) is 0 Å². The van der Waals surface area contributed by atoms with Crippen LogP contribution in [0.15, 0.2) is 83.3 Å². The van der Waals surface area contributed by atoms with Crippen molar-refractivity contribution in [1.29, 1.82) is 0 Å². The maximum absolute atomic E-state index is 11.7. The second kappa shape index (κ2) is 8.40. The van der Waals surface area contributed by atoms with Crippen LogP contribution < -0.4 is 4.74 Å². The predicted molar refractivity (Wildman–Crippen MR) is 110 cm³/mol. The van der Waals surface area contributed by atoms with Gasteiger partial charge in [-0.05, 0) is 29.3 Å². The molecule has 138 valence electrons. The summed E-state index contributed by atoms with van der Waals surface area (Å²) >= 11 is 3.52. The Balaban J connectivity index is 2.03. The molecule has 3 aromatic carbocycles. The molecule has 0 fully saturated rings. The first-order valence-corrected chi connectivity index (χ1v) is 9.52. The van der Waals surface area contributed by atoms with Crippen molar-refractivity contribution in [1.82, 2.24) is 0 Å². The average molecular weight is 425 g/mol. The highest BCUT2D eigenvalue weighted by Crippen LogP contribution is 2.41. The van der Waals surface area contributed by atoms with Crippen molar-refractivity contribution in [3.63, 3.8) is 0 Å². The summed E-state index contributed by atoms with van der Waals surface area (Å²) in [6.07, 6.45) is -0.0326. The smallest absolute Gasteiger partial charge is 0.304 e. The number of carboxylic acids is 1. The topological polar surface area (TPSA) is 46.5 Å². The van der Waals surface area contributed by atoms with Crippen LogP contribution in [0.2, 0.25) is 0 Å². The largest absolute Gasteiger partial charge is 0.489 e. The van der Waals surface area contributed by atoms with Crippen molar-refractivity contribution in [2.75, 3.05) is 0 Å². The van der Waals surface area contributed by atoms with Crippen molar-refractivity contribution in [2.45, 2.75) is 25.4 Å². The van der Waals surface area contributed by atoms with Gasteiger partial charge in [-0.1, -0.05) is 83.5 Å². The molecule has 0 saturated heterocycles. The zero-order valence-corrected chi connectivity index (χ0v) is 16.6. The molecule has 3 aromatic rings. The third kappa shape index (κ3) is 4.58. The summed E-state index contributed by atoms with van der Waals surface area (Å²) < 4.78 is 7.00. The van der Waals surface area contributed by atoms with Crippen molar-refractivity contribution in [3.8, 4) is 5.75 Å². The zero-order chi connectivity index (χ0) is 19.3. The van der Waals surface area contributed by atoms with Gasteiger partial charge in [-0.25, -0.2) is 0 Å². The van der Waals surface area contributed by atoms with Gasteiger partial charge in [0.15, 0.2) is 0 Å². The van der Waals surface area contributed by atoms with E-state index >= 15 is 0 Å². The minimum absolute atomic E-state index is 0.0326. The molecule has 0 radical (unpaired) electrons. The van der Waals surface area contributed by atoms with Crippen molar-refractivity contribution >= 4 is 21.9 Å². The van der Waals surface area contributed by atoms with E-state index in [0.717, 1.165) is 21.2 Å². The standard InChI is InChI=1S/C23H21BrO3/c1-23(15-22(25)26,18-10-6-3-7-11-18)20-14-19(24)12-13-21(20)27-16-17-8-4-2-5-9-17/h2-14H,15-16H2,1H3,(H,25,26). The fraction of sp³-hybridized carbons (Fsp3) is 0.174. The molecule has 1 N–H and O–H groups in total. The molecule has 0 aliphatic carbocycles. The molecule has 0 spiro atoms. The third-order valence-corrected chi connectivity index (χ3v) is 5.18. The number of rotatable bonds is 7. The quantitative estimate of drug-likeness (QED) is 0.520. The number of aliphatic carboxylic acids is 1. The molecular formula is C23H21BrO3. The van der Waals surface area contributed by atoms with Crippen LogP contribution >= 0.6 is 15.9 Å². The van der Waals surface area contributed by atoms with Crippen LogP contribution in [0.3, 0.4) is 0 Å². The summed E-state index contributed by atoms with van der Waals surface area (Å²) in [5.74, 6) is -0.162. The fourth-order valence-electron chi connectivity index (χ4n) is 3.26. The van der Waals surface area contributed by atoms with E-state index in [9.17, 15) is 9.90 Å². The summed E-state index contributed by atoms with van der Waals surface area (Å²) in [4.78, 5) is 11.7. The Morgan fingerprint density at radius 1 is 1.00 bits per heavy atom. The first kappa shape index (κ1) is 19.2. The Hall–Kier alpha value is -2.59. The number of carboxylic acid groups (broad SMARTS) is 1. The monoisotopic (exact) mass is 424 g/mol. The van der Waals surface area contributed by atoms with Crippen molar-refractivity contribution in [3.05, 3.63) is 100 Å². The number of hydrogen-bond acceptors (Lipinski definition) is 2. The van der Waals surface area contributed by atoms with Gasteiger partial charge in [0, 0.05) is 15.5 Å². The Kier molecular flexibility index (Phi) is 5.97. The molecule has 4 heteroatoms. The minimum atomic E-state index is -0.852. The molecule has 27 heavy (non-hydrogen) atoms. The number of ether oxygens (including phenoxy) is 1. The summed E-state index contributed by atoms with van der Waals surface area (Å²) in [6, 6.07) is 25.4. The highest BCUT2D eigenvalue weighted by atomic mass is 79.9. The van der Waals surface area contributed by atoms with Gasteiger partial charge >= 0.3 is 5.97 Å². The molecule has 0 saturated carbocycles. The lowest BCUT2D eigenvalue weighted by Crippen LogP contribution is -2.28. The van der Waals surface area contributed by atoms with Crippen LogP contribution in [0.25, 0.3) is 0 Å². The van der Waals surface area contributed by atoms with Gasteiger partial charge in [0.1, 0.15) is 12.4 Å². The van der Waals surface area contributed by atoms with Gasteiger partial charge in [0.2, 0.25) is 0 Å². The number of carbonyl (C=O) groups is 1. The lowest BCUT2D eigenvalue weighted by Gasteiger charge is -2.31. The molecule has 0 bridgehead atoms. The van der Waals surface area contributed by atoms with E-state index in [-0.39, 0.29) is 6.42 Å². The van der Waals surface area contributed by atoms with Crippen LogP contribution in [0.4, 0.5) is 0 Å². The molecule has 1 unspecified atom stereocenters. The zero-order valence-electron chi connectivity index (χ0n) is 15.1. The second-order valence-corrected chi connectivity index (χ2v) is 7.60. The van der Waals surface area contributed by atoms with Crippen LogP contribution in [-0.2, 0) is 16.8 Å². The van der Waals surface area contributed by atoms with Crippen LogP contribution in [0, 0.1) is 0 Å². The maximum atomic E-state index is 11.7. The summed E-state index contributed by atoms with van der Waals surface area (Å²) in [7, 11) is 0. The van der Waals surface area contributed by atoms with Crippen LogP contribution in [0.1, 0.15) is 30.0 Å². The number of halogens is 1. The average Bonchev–Trinajstić information content (AvgIpc) is 2.68. The van der Waals surface area contributed by atoms with E-state index < -0.39 is 11.4 Å². The molecule has 0 aromatic heterocycles. The molecule has 3 rings (SSSR count). The fourth-order valence-corrected chi connectivity index (χ4v) is 3.62. The van der Waals surface area contributed by atoms with Gasteiger partial charge in [-0.2, -0.15) is 0 Å². The number of benzene rings is 3. The van der Waals surface area contributed by atoms with E-state index in [4.69, 9.17) is 4.74 Å². The lowest BCUT2D eigenvalue weighted by molar-refractivity contribution is -0.138. The van der Waals surface area contributed by atoms with E-state index in [1.165, 1.54) is 0 Å². The van der Waals surface area contributed by atoms with E-state index in [1.807, 2.05) is 85.8 Å². The Morgan fingerprint density at radius 3 is 2.26 bits per heavy atom. The normalized spacial score (nSPS) is 13.0. The van der Waals surface area contributed by atoms with Crippen molar-refractivity contribution in [2.24, 2.45) is 0 Å². The molecule has 0 aliphatic rings. The molecule has 0 amide bonds. The van der Waals surface area contributed by atoms with Crippen LogP contribution in [-0.4, -0.2) is 11.1 Å². The molecule has 1 atom stereocenters. The summed E-state index contributed by atoms with van der Waals surface area (Å²) in [5.41, 5.74) is 2.13. The van der Waals surface area contributed by atoms with E-state index in [1.54, 1.807) is 0 Å². The van der Waals surface area contributed by atoms with E-state index in [2.05, 4.69) is 15.9 Å². The summed E-state index contributed by atoms with van der Waals surface area (Å²) in [5, 5.41) is 9.59. The Bertz CT molecular complexity index is 909. The SMILES string of the molecule is CC(CC(=O)O)(c1ccccc1)c1cc(Br)ccc1OCc1ccccc1. The molecule has 3 nitrogen and oxygen atoms in total. The minimum Gasteiger partial charge on any atom is -0.489 e. The predicted octanol–water partition coefficient (Wildman–Crippen LogP) is 5.81. The Labute approximate surface area is 167 Å². The van der Waals surface area contributed by atoms with Gasteiger partial charge < -0.3 is 9.84 Å². The van der Waals surface area contributed by atoms with Gasteiger partial charge in [0.05, 0.1) is 6.42 Å². The summed E-state index contributed by atoms with van der Waals surface area (Å²) in [6.45, 7) is 2.38. The molecular weight excluding hydrogens is 404 g/mol. The van der Waals surface area contributed by atoms with Gasteiger partial charge in [-0.15, -0.1) is 0 Å². The Morgan fingerprint density at radius 2 is 1.63 bits per heavy atom. The molecule has 0 aliphatic heterocycles. The highest BCUT2D eigenvalue weighted by Gasteiger charge is 2.34. The third-order valence-electron chi connectivity index (χ3n) is 4.69. The molecule has 0 heterocycles. The second-order valence-electron chi connectivity index (χ2n) is 6.68. The van der Waals surface area contributed by atoms with Crippen LogP contribution in [0.5, 0.6) is 5.75 Å². The maximum Gasteiger partial charge on any atom is 0.304 e. The number of hydrogen-bond donors (Lipinski definition) is 1. The highest BCUT2D eigenvalue weighted by molar-refractivity contribution is 9.10. The first-order valence-electron chi connectivity index (χ1n) is 8.73. The van der Waals surface area contributed by atoms with E-state index in [0.29, 0.717) is 12.4 Å². The lowest BCUT2D eigenvalue weighted by atomic mass is 9.73. The first-order chi connectivity index (χ1) is 13.0. The van der Waals surface area contributed by atoms with Gasteiger partial charge in [-0.3, -0.25) is 4.79 Å².